The summed E-state index contributed by atoms with van der Waals surface area (Å²) in [5.74, 6) is 0.500. The van der Waals surface area contributed by atoms with Crippen molar-refractivity contribution in [1.29, 1.82) is 5.26 Å². The fourth-order valence-corrected chi connectivity index (χ4v) is 0.640. The van der Waals surface area contributed by atoms with Crippen molar-refractivity contribution in [3.8, 4) is 6.19 Å². The first-order chi connectivity index (χ1) is 5.38. The van der Waals surface area contributed by atoms with Crippen molar-refractivity contribution in [2.24, 2.45) is 10.4 Å². The Morgan fingerprint density at radius 1 is 1.42 bits per heavy atom. The molecule has 0 unspecified atom stereocenters. The van der Waals surface area contributed by atoms with Crippen molar-refractivity contribution in [3.63, 3.8) is 0 Å². The van der Waals surface area contributed by atoms with Gasteiger partial charge in [-0.3, -0.25) is 0 Å². The SMILES string of the molecule is CC(C)OC(=NC#N)C(C)(C)C. The predicted octanol–water partition coefficient (Wildman–Crippen LogP) is 2.34. The molecule has 0 aromatic heterocycles. The smallest absolute Gasteiger partial charge is 0.208 e. The zero-order valence-electron chi connectivity index (χ0n) is 8.38. The molecule has 0 atom stereocenters. The molecule has 0 amide bonds. The van der Waals surface area contributed by atoms with Crippen molar-refractivity contribution in [2.75, 3.05) is 0 Å². The molecule has 0 spiro atoms. The van der Waals surface area contributed by atoms with Crippen LogP contribution in [0.1, 0.15) is 34.6 Å². The fraction of sp³-hybridized carbons (Fsp3) is 0.778. The molecule has 0 fully saturated rings. The van der Waals surface area contributed by atoms with Gasteiger partial charge in [-0.1, -0.05) is 20.8 Å². The van der Waals surface area contributed by atoms with Crippen LogP contribution in [0.5, 0.6) is 0 Å². The topological polar surface area (TPSA) is 45.4 Å². The maximum atomic E-state index is 8.40. The van der Waals surface area contributed by atoms with E-state index >= 15 is 0 Å². The number of hydrogen-bond donors (Lipinski definition) is 0. The van der Waals surface area contributed by atoms with Gasteiger partial charge in [0, 0.05) is 5.41 Å². The molecular weight excluding hydrogens is 152 g/mol. The first-order valence-electron chi connectivity index (χ1n) is 4.02. The molecule has 0 radical (unpaired) electrons. The average molecular weight is 168 g/mol. The van der Waals surface area contributed by atoms with Crippen LogP contribution in [0, 0.1) is 16.9 Å². The van der Waals surface area contributed by atoms with Gasteiger partial charge in [-0.2, -0.15) is 5.26 Å². The van der Waals surface area contributed by atoms with Crippen LogP contribution in [-0.4, -0.2) is 12.0 Å². The average Bonchev–Trinajstić information content (AvgIpc) is 1.83. The highest BCUT2D eigenvalue weighted by Gasteiger charge is 2.21. The standard InChI is InChI=1S/C9H16N2O/c1-7(2)12-8(11-6-10)9(3,4)5/h7H,1-5H3. The Kier molecular flexibility index (Phi) is 3.75. The molecule has 12 heavy (non-hydrogen) atoms. The summed E-state index contributed by atoms with van der Waals surface area (Å²) in [4.78, 5) is 3.64. The lowest BCUT2D eigenvalue weighted by atomic mass is 9.96. The van der Waals surface area contributed by atoms with E-state index in [1.807, 2.05) is 34.6 Å². The zero-order chi connectivity index (χ0) is 9.78. The van der Waals surface area contributed by atoms with Crippen molar-refractivity contribution in [2.45, 2.75) is 40.7 Å². The van der Waals surface area contributed by atoms with Crippen molar-refractivity contribution in [3.05, 3.63) is 0 Å². The van der Waals surface area contributed by atoms with Crippen LogP contribution in [-0.2, 0) is 4.74 Å². The summed E-state index contributed by atoms with van der Waals surface area (Å²) in [6.45, 7) is 9.72. The van der Waals surface area contributed by atoms with Crippen LogP contribution in [0.15, 0.2) is 4.99 Å². The molecule has 0 aromatic rings. The Morgan fingerprint density at radius 2 is 1.92 bits per heavy atom. The Morgan fingerprint density at radius 3 is 2.17 bits per heavy atom. The van der Waals surface area contributed by atoms with E-state index < -0.39 is 0 Å². The minimum absolute atomic E-state index is 0.0660. The number of aliphatic imine (C=N–C) groups is 1. The highest BCUT2D eigenvalue weighted by molar-refractivity contribution is 5.82. The highest BCUT2D eigenvalue weighted by atomic mass is 16.5. The summed E-state index contributed by atoms with van der Waals surface area (Å²) < 4.78 is 5.38. The van der Waals surface area contributed by atoms with E-state index in [1.54, 1.807) is 6.19 Å². The second-order valence-electron chi connectivity index (χ2n) is 3.93. The van der Waals surface area contributed by atoms with E-state index in [2.05, 4.69) is 4.99 Å². The zero-order valence-corrected chi connectivity index (χ0v) is 8.38. The Balaban J connectivity index is 4.50. The quantitative estimate of drug-likeness (QED) is 0.342. The third kappa shape index (κ3) is 3.97. The molecule has 0 saturated heterocycles. The molecule has 0 heterocycles. The molecule has 0 N–H and O–H groups in total. The molecule has 3 nitrogen and oxygen atoms in total. The number of ether oxygens (including phenoxy) is 1. The maximum absolute atomic E-state index is 8.40. The summed E-state index contributed by atoms with van der Waals surface area (Å²) in [6, 6.07) is 0. The van der Waals surface area contributed by atoms with Crippen LogP contribution >= 0.6 is 0 Å². The summed E-state index contributed by atoms with van der Waals surface area (Å²) in [5.41, 5.74) is -0.194. The number of hydrogen-bond acceptors (Lipinski definition) is 3. The summed E-state index contributed by atoms with van der Waals surface area (Å²) in [7, 11) is 0. The predicted molar refractivity (Wildman–Crippen MR) is 48.7 cm³/mol. The monoisotopic (exact) mass is 168 g/mol. The third-order valence-corrected chi connectivity index (χ3v) is 1.14. The van der Waals surface area contributed by atoms with Crippen molar-refractivity contribution in [1.82, 2.24) is 0 Å². The molecule has 3 heteroatoms. The number of nitrogens with zero attached hydrogens (tertiary/aromatic N) is 2. The van der Waals surface area contributed by atoms with Gasteiger partial charge in [0.1, 0.15) is 0 Å². The van der Waals surface area contributed by atoms with Crippen LogP contribution < -0.4 is 0 Å². The number of rotatable bonds is 1. The molecule has 0 aliphatic carbocycles. The van der Waals surface area contributed by atoms with Gasteiger partial charge < -0.3 is 4.74 Å². The van der Waals surface area contributed by atoms with Crippen molar-refractivity contribution >= 4 is 5.90 Å². The van der Waals surface area contributed by atoms with Gasteiger partial charge in [-0.25, -0.2) is 0 Å². The minimum atomic E-state index is -0.194. The molecular formula is C9H16N2O. The van der Waals surface area contributed by atoms with E-state index in [1.165, 1.54) is 0 Å². The molecule has 68 valence electrons. The second kappa shape index (κ2) is 4.10. The van der Waals surface area contributed by atoms with Gasteiger partial charge in [0.05, 0.1) is 6.10 Å². The van der Waals surface area contributed by atoms with Crippen LogP contribution in [0.3, 0.4) is 0 Å². The molecule has 0 aromatic carbocycles. The van der Waals surface area contributed by atoms with Gasteiger partial charge in [0.2, 0.25) is 12.1 Å². The first-order valence-corrected chi connectivity index (χ1v) is 4.02. The van der Waals surface area contributed by atoms with Crippen molar-refractivity contribution < 1.29 is 4.74 Å². The Labute approximate surface area is 74.1 Å². The molecule has 0 aliphatic heterocycles. The second-order valence-corrected chi connectivity index (χ2v) is 3.93. The number of nitriles is 1. The van der Waals surface area contributed by atoms with Crippen LogP contribution in [0.2, 0.25) is 0 Å². The maximum Gasteiger partial charge on any atom is 0.208 e. The van der Waals surface area contributed by atoms with E-state index in [4.69, 9.17) is 10.00 Å². The molecule has 0 aliphatic rings. The van der Waals surface area contributed by atoms with E-state index in [0.29, 0.717) is 5.90 Å². The molecule has 0 bridgehead atoms. The molecule has 0 rings (SSSR count). The Hall–Kier alpha value is -1.04. The summed E-state index contributed by atoms with van der Waals surface area (Å²) in [5, 5.41) is 8.40. The summed E-state index contributed by atoms with van der Waals surface area (Å²) >= 11 is 0. The largest absolute Gasteiger partial charge is 0.477 e. The fourth-order valence-electron chi connectivity index (χ4n) is 0.640. The van der Waals surface area contributed by atoms with Gasteiger partial charge in [-0.05, 0) is 13.8 Å². The molecule has 0 saturated carbocycles. The van der Waals surface area contributed by atoms with Gasteiger partial charge in [0.25, 0.3) is 0 Å². The van der Waals surface area contributed by atoms with Crippen LogP contribution in [0.4, 0.5) is 0 Å². The lowest BCUT2D eigenvalue weighted by Crippen LogP contribution is -2.26. The van der Waals surface area contributed by atoms with Gasteiger partial charge >= 0.3 is 0 Å². The van der Waals surface area contributed by atoms with Crippen LogP contribution in [0.25, 0.3) is 0 Å². The normalized spacial score (nSPS) is 12.9. The van der Waals surface area contributed by atoms with Gasteiger partial charge in [0.15, 0.2) is 0 Å². The highest BCUT2D eigenvalue weighted by Crippen LogP contribution is 2.17. The third-order valence-electron chi connectivity index (χ3n) is 1.14. The Bertz CT molecular complexity index is 206. The first kappa shape index (κ1) is 11.0. The lowest BCUT2D eigenvalue weighted by Gasteiger charge is -2.22. The van der Waals surface area contributed by atoms with Gasteiger partial charge in [-0.15, -0.1) is 4.99 Å². The lowest BCUT2D eigenvalue weighted by molar-refractivity contribution is 0.198. The van der Waals surface area contributed by atoms with E-state index in [0.717, 1.165) is 0 Å². The minimum Gasteiger partial charge on any atom is -0.477 e. The van der Waals surface area contributed by atoms with E-state index in [9.17, 15) is 0 Å². The van der Waals surface area contributed by atoms with E-state index in [-0.39, 0.29) is 11.5 Å². The summed E-state index contributed by atoms with van der Waals surface area (Å²) in [6.07, 6.45) is 1.81.